The first-order chi connectivity index (χ1) is 5.24. The topological polar surface area (TPSA) is 18.8 Å². The van der Waals surface area contributed by atoms with Gasteiger partial charge in [-0.1, -0.05) is 0 Å². The summed E-state index contributed by atoms with van der Waals surface area (Å²) in [4.78, 5) is 8.54. The third-order valence-corrected chi connectivity index (χ3v) is 2.24. The third kappa shape index (κ3) is 2.19. The second-order valence-corrected chi connectivity index (χ2v) is 3.24. The third-order valence-electron chi connectivity index (χ3n) is 2.24. The number of hydrogen-bond acceptors (Lipinski definition) is 2. The van der Waals surface area contributed by atoms with Crippen molar-refractivity contribution in [1.82, 2.24) is 9.80 Å². The molecular weight excluding hydrogens is 138 g/mol. The van der Waals surface area contributed by atoms with Gasteiger partial charge < -0.3 is 9.80 Å². The molecular formula is C8H17N3. The molecule has 0 aromatic carbocycles. The van der Waals surface area contributed by atoms with Gasteiger partial charge in [-0.25, -0.2) is 0 Å². The van der Waals surface area contributed by atoms with Gasteiger partial charge in [0.1, 0.15) is 0 Å². The molecule has 0 N–H and O–H groups in total. The molecule has 3 nitrogen and oxygen atoms in total. The molecule has 1 saturated heterocycles. The lowest BCUT2D eigenvalue weighted by Crippen LogP contribution is -2.32. The van der Waals surface area contributed by atoms with E-state index < -0.39 is 0 Å². The van der Waals surface area contributed by atoms with E-state index in [1.165, 1.54) is 19.5 Å². The average Bonchev–Trinajstić information content (AvgIpc) is 2.36. The Bertz CT molecular complexity index is 144. The average molecular weight is 155 g/mol. The van der Waals surface area contributed by atoms with E-state index in [0.29, 0.717) is 6.04 Å². The molecule has 0 radical (unpaired) electrons. The number of likely N-dealkylation sites (tertiary alicyclic amines) is 1. The number of likely N-dealkylation sites (N-methyl/N-ethyl adjacent to an activating group) is 2. The van der Waals surface area contributed by atoms with Gasteiger partial charge in [0, 0.05) is 26.7 Å². The molecule has 64 valence electrons. The summed E-state index contributed by atoms with van der Waals surface area (Å²) < 4.78 is 0. The SMILES string of the molecule is CN=CN(C)C1CCN(C)C1. The van der Waals surface area contributed by atoms with Crippen LogP contribution in [0.3, 0.4) is 0 Å². The van der Waals surface area contributed by atoms with Gasteiger partial charge in [-0.15, -0.1) is 0 Å². The molecule has 0 aliphatic carbocycles. The zero-order valence-electron chi connectivity index (χ0n) is 7.62. The molecule has 0 saturated carbocycles. The molecule has 1 aliphatic rings. The van der Waals surface area contributed by atoms with Crippen LogP contribution in [-0.2, 0) is 0 Å². The van der Waals surface area contributed by atoms with Gasteiger partial charge in [0.2, 0.25) is 0 Å². The van der Waals surface area contributed by atoms with Crippen molar-refractivity contribution in [3.63, 3.8) is 0 Å². The van der Waals surface area contributed by atoms with Crippen molar-refractivity contribution in [2.45, 2.75) is 12.5 Å². The maximum atomic E-state index is 3.99. The summed E-state index contributed by atoms with van der Waals surface area (Å²) in [5.74, 6) is 0. The zero-order chi connectivity index (χ0) is 8.27. The van der Waals surface area contributed by atoms with Gasteiger partial charge in [0.05, 0.1) is 6.34 Å². The minimum atomic E-state index is 0.670. The second-order valence-electron chi connectivity index (χ2n) is 3.24. The van der Waals surface area contributed by atoms with Crippen LogP contribution in [0.1, 0.15) is 6.42 Å². The first-order valence-electron chi connectivity index (χ1n) is 4.07. The van der Waals surface area contributed by atoms with Crippen molar-refractivity contribution in [3.8, 4) is 0 Å². The van der Waals surface area contributed by atoms with Crippen molar-refractivity contribution in [3.05, 3.63) is 0 Å². The van der Waals surface area contributed by atoms with Crippen LogP contribution in [0.2, 0.25) is 0 Å². The van der Waals surface area contributed by atoms with E-state index in [9.17, 15) is 0 Å². The molecule has 3 heteroatoms. The molecule has 0 amide bonds. The minimum absolute atomic E-state index is 0.670. The van der Waals surface area contributed by atoms with E-state index in [1.54, 1.807) is 0 Å². The highest BCUT2D eigenvalue weighted by Gasteiger charge is 2.21. The fourth-order valence-electron chi connectivity index (χ4n) is 1.52. The fraction of sp³-hybridized carbons (Fsp3) is 0.875. The van der Waals surface area contributed by atoms with Crippen LogP contribution in [0.25, 0.3) is 0 Å². The highest BCUT2D eigenvalue weighted by molar-refractivity contribution is 5.54. The maximum absolute atomic E-state index is 3.99. The molecule has 0 spiro atoms. The summed E-state index contributed by atoms with van der Waals surface area (Å²) in [6, 6.07) is 0.670. The van der Waals surface area contributed by atoms with Crippen molar-refractivity contribution >= 4 is 6.34 Å². The van der Waals surface area contributed by atoms with Crippen LogP contribution < -0.4 is 0 Å². The van der Waals surface area contributed by atoms with Crippen LogP contribution in [-0.4, -0.2) is 56.4 Å². The predicted octanol–water partition coefficient (Wildman–Crippen LogP) is 0.280. The summed E-state index contributed by atoms with van der Waals surface area (Å²) in [6.45, 7) is 2.38. The number of hydrogen-bond donors (Lipinski definition) is 0. The number of rotatable bonds is 2. The first-order valence-corrected chi connectivity index (χ1v) is 4.07. The quantitative estimate of drug-likeness (QED) is 0.421. The molecule has 1 unspecified atom stereocenters. The Morgan fingerprint density at radius 2 is 2.36 bits per heavy atom. The van der Waals surface area contributed by atoms with E-state index in [2.05, 4.69) is 28.9 Å². The van der Waals surface area contributed by atoms with E-state index >= 15 is 0 Å². The molecule has 0 bridgehead atoms. The molecule has 0 aromatic heterocycles. The van der Waals surface area contributed by atoms with E-state index in [1.807, 2.05) is 13.4 Å². The molecule has 1 rings (SSSR count). The highest BCUT2D eigenvalue weighted by atomic mass is 15.2. The number of aliphatic imine (C=N–C) groups is 1. The molecule has 11 heavy (non-hydrogen) atoms. The molecule has 1 fully saturated rings. The summed E-state index contributed by atoms with van der Waals surface area (Å²) in [6.07, 6.45) is 3.17. The molecule has 1 aliphatic heterocycles. The lowest BCUT2D eigenvalue weighted by Gasteiger charge is -2.20. The second kappa shape index (κ2) is 3.72. The molecule has 1 heterocycles. The van der Waals surface area contributed by atoms with Crippen LogP contribution in [0.4, 0.5) is 0 Å². The highest BCUT2D eigenvalue weighted by Crippen LogP contribution is 2.10. The van der Waals surface area contributed by atoms with Crippen molar-refractivity contribution < 1.29 is 0 Å². The van der Waals surface area contributed by atoms with Crippen LogP contribution in [0.5, 0.6) is 0 Å². The Balaban J connectivity index is 2.36. The summed E-state index contributed by atoms with van der Waals surface area (Å²) >= 11 is 0. The Kier molecular flexibility index (Phi) is 2.88. The van der Waals surface area contributed by atoms with Gasteiger partial charge >= 0.3 is 0 Å². The van der Waals surface area contributed by atoms with Gasteiger partial charge in [-0.05, 0) is 20.0 Å². The first kappa shape index (κ1) is 8.53. The standard InChI is InChI=1S/C8H17N3/c1-9-7-11(3)8-4-5-10(2)6-8/h7-8H,4-6H2,1-3H3. The fourth-order valence-corrected chi connectivity index (χ4v) is 1.52. The zero-order valence-corrected chi connectivity index (χ0v) is 7.62. The monoisotopic (exact) mass is 155 g/mol. The maximum Gasteiger partial charge on any atom is 0.0846 e. The predicted molar refractivity (Wildman–Crippen MR) is 48.1 cm³/mol. The lowest BCUT2D eigenvalue weighted by atomic mass is 10.2. The smallest absolute Gasteiger partial charge is 0.0846 e. The van der Waals surface area contributed by atoms with Crippen LogP contribution >= 0.6 is 0 Å². The Labute approximate surface area is 68.7 Å². The van der Waals surface area contributed by atoms with E-state index in [4.69, 9.17) is 0 Å². The minimum Gasteiger partial charge on any atom is -0.362 e. The van der Waals surface area contributed by atoms with Crippen molar-refractivity contribution in [1.29, 1.82) is 0 Å². The van der Waals surface area contributed by atoms with Crippen molar-refractivity contribution in [2.24, 2.45) is 4.99 Å². The summed E-state index contributed by atoms with van der Waals surface area (Å²) in [5, 5.41) is 0. The Hall–Kier alpha value is -0.570. The Morgan fingerprint density at radius 1 is 1.64 bits per heavy atom. The number of nitrogens with zero attached hydrogens (tertiary/aromatic N) is 3. The largest absolute Gasteiger partial charge is 0.362 e. The summed E-state index contributed by atoms with van der Waals surface area (Å²) in [5.41, 5.74) is 0. The van der Waals surface area contributed by atoms with Crippen LogP contribution in [0, 0.1) is 0 Å². The lowest BCUT2D eigenvalue weighted by molar-refractivity contribution is 0.348. The molecule has 1 atom stereocenters. The van der Waals surface area contributed by atoms with Gasteiger partial charge in [0.15, 0.2) is 0 Å². The van der Waals surface area contributed by atoms with E-state index in [0.717, 1.165) is 0 Å². The normalized spacial score (nSPS) is 26.6. The van der Waals surface area contributed by atoms with Crippen LogP contribution in [0.15, 0.2) is 4.99 Å². The van der Waals surface area contributed by atoms with Gasteiger partial charge in [-0.2, -0.15) is 0 Å². The van der Waals surface area contributed by atoms with Gasteiger partial charge in [0.25, 0.3) is 0 Å². The Morgan fingerprint density at radius 3 is 2.82 bits per heavy atom. The van der Waals surface area contributed by atoms with Gasteiger partial charge in [-0.3, -0.25) is 4.99 Å². The summed E-state index contributed by atoms with van der Waals surface area (Å²) in [7, 11) is 6.07. The molecule has 0 aromatic rings. The van der Waals surface area contributed by atoms with E-state index in [-0.39, 0.29) is 0 Å². The van der Waals surface area contributed by atoms with Crippen molar-refractivity contribution in [2.75, 3.05) is 34.2 Å².